The fraction of sp³-hybridized carbons (Fsp3) is 0.375. The number of para-hydroxylation sites is 1. The third kappa shape index (κ3) is 3.39. The van der Waals surface area contributed by atoms with E-state index in [-0.39, 0.29) is 17.4 Å². The number of aromatic amines is 1. The van der Waals surface area contributed by atoms with Gasteiger partial charge in [-0.3, -0.25) is 14.7 Å². The smallest absolute Gasteiger partial charge is 0.274 e. The van der Waals surface area contributed by atoms with Crippen molar-refractivity contribution in [3.05, 3.63) is 59.5 Å². The van der Waals surface area contributed by atoms with Gasteiger partial charge in [-0.05, 0) is 44.0 Å². The summed E-state index contributed by atoms with van der Waals surface area (Å²) in [6.07, 6.45) is 2.06. The second-order valence-electron chi connectivity index (χ2n) is 9.22. The number of hydrogen-bond donors (Lipinski definition) is 3. The Morgan fingerprint density at radius 1 is 1.12 bits per heavy atom. The molecule has 9 heteroatoms. The van der Waals surface area contributed by atoms with E-state index in [0.29, 0.717) is 61.7 Å². The topological polar surface area (TPSA) is 112 Å². The number of piperidine rings is 1. The molecule has 33 heavy (non-hydrogen) atoms. The highest BCUT2D eigenvalue weighted by atomic mass is 16.5. The van der Waals surface area contributed by atoms with E-state index in [1.807, 2.05) is 48.2 Å². The molecule has 3 aliphatic rings. The minimum Gasteiger partial charge on any atom is -0.460 e. The van der Waals surface area contributed by atoms with Crippen LogP contribution >= 0.6 is 0 Å². The zero-order valence-electron chi connectivity index (χ0n) is 18.3. The quantitative estimate of drug-likeness (QED) is 0.557. The van der Waals surface area contributed by atoms with Gasteiger partial charge in [0.1, 0.15) is 17.1 Å². The van der Waals surface area contributed by atoms with Gasteiger partial charge in [0.05, 0.1) is 17.8 Å². The first kappa shape index (κ1) is 20.0. The maximum Gasteiger partial charge on any atom is 0.274 e. The van der Waals surface area contributed by atoms with E-state index in [0.717, 1.165) is 11.4 Å². The Balaban J connectivity index is 1.12. The van der Waals surface area contributed by atoms with Crippen molar-refractivity contribution in [2.24, 2.45) is 0 Å². The Morgan fingerprint density at radius 2 is 1.94 bits per heavy atom. The Hall–Kier alpha value is -3.59. The third-order valence-corrected chi connectivity index (χ3v) is 6.91. The standard InChI is InChI=1S/C24H25N5O4/c1-15-6-7-20(33-15)18-12-19(28-27-18)22(31)29-10-8-23(9-11-29)13-24(14-32-23)25-17-5-3-2-4-16(17)21(30)26-24/h2-7,12,25H,8-11,13-14H2,1H3,(H,26,30)(H,27,28). The summed E-state index contributed by atoms with van der Waals surface area (Å²) in [5.41, 5.74) is 1.54. The van der Waals surface area contributed by atoms with Gasteiger partial charge in [0.15, 0.2) is 11.5 Å². The van der Waals surface area contributed by atoms with Crippen LogP contribution in [0.3, 0.4) is 0 Å². The van der Waals surface area contributed by atoms with Crippen LogP contribution in [0.5, 0.6) is 0 Å². The van der Waals surface area contributed by atoms with Gasteiger partial charge in [-0.2, -0.15) is 5.10 Å². The van der Waals surface area contributed by atoms with Gasteiger partial charge in [0, 0.05) is 31.3 Å². The van der Waals surface area contributed by atoms with E-state index in [9.17, 15) is 9.59 Å². The lowest BCUT2D eigenvalue weighted by Gasteiger charge is -2.40. The number of nitrogens with zero attached hydrogens (tertiary/aromatic N) is 2. The maximum absolute atomic E-state index is 13.0. The largest absolute Gasteiger partial charge is 0.460 e. The molecule has 2 fully saturated rings. The lowest BCUT2D eigenvalue weighted by atomic mass is 9.84. The van der Waals surface area contributed by atoms with Gasteiger partial charge in [-0.25, -0.2) is 0 Å². The Morgan fingerprint density at radius 3 is 2.73 bits per heavy atom. The van der Waals surface area contributed by atoms with Crippen LogP contribution < -0.4 is 10.6 Å². The van der Waals surface area contributed by atoms with E-state index in [2.05, 4.69) is 20.8 Å². The molecule has 1 aromatic carbocycles. The molecule has 0 saturated carbocycles. The molecule has 2 saturated heterocycles. The molecule has 0 aliphatic carbocycles. The highest BCUT2D eigenvalue weighted by molar-refractivity contribution is 6.02. The van der Waals surface area contributed by atoms with E-state index >= 15 is 0 Å². The van der Waals surface area contributed by atoms with Gasteiger partial charge in [0.2, 0.25) is 0 Å². The molecule has 2 spiro atoms. The SMILES string of the molecule is Cc1ccc(-c2cc(C(=O)N3CCC4(CC3)CC3(CO4)NC(=O)c4ccccc4N3)n[nH]2)o1. The first-order valence-corrected chi connectivity index (χ1v) is 11.2. The molecule has 1 atom stereocenters. The first-order valence-electron chi connectivity index (χ1n) is 11.2. The van der Waals surface area contributed by atoms with Crippen LogP contribution in [0.25, 0.3) is 11.5 Å². The predicted octanol–water partition coefficient (Wildman–Crippen LogP) is 2.93. The Bertz CT molecular complexity index is 1240. The number of benzene rings is 1. The summed E-state index contributed by atoms with van der Waals surface area (Å²) in [6.45, 7) is 3.41. The number of furan rings is 1. The van der Waals surface area contributed by atoms with E-state index in [1.165, 1.54) is 0 Å². The summed E-state index contributed by atoms with van der Waals surface area (Å²) in [5, 5.41) is 13.7. The second kappa shape index (κ2) is 7.21. The number of anilines is 1. The first-order chi connectivity index (χ1) is 15.9. The number of aryl methyl sites for hydroxylation is 1. The number of amides is 2. The molecule has 3 N–H and O–H groups in total. The molecule has 2 aromatic heterocycles. The van der Waals surface area contributed by atoms with Crippen LogP contribution in [0.2, 0.25) is 0 Å². The summed E-state index contributed by atoms with van der Waals surface area (Å²) in [7, 11) is 0. The van der Waals surface area contributed by atoms with Crippen LogP contribution in [0.15, 0.2) is 46.9 Å². The predicted molar refractivity (Wildman–Crippen MR) is 120 cm³/mol. The van der Waals surface area contributed by atoms with Crippen molar-refractivity contribution in [1.82, 2.24) is 20.4 Å². The second-order valence-corrected chi connectivity index (χ2v) is 9.22. The van der Waals surface area contributed by atoms with E-state index < -0.39 is 5.66 Å². The van der Waals surface area contributed by atoms with Crippen LogP contribution in [0.1, 0.15) is 45.9 Å². The minimum absolute atomic E-state index is 0.0845. The van der Waals surface area contributed by atoms with Crippen molar-refractivity contribution >= 4 is 17.5 Å². The van der Waals surface area contributed by atoms with Crippen molar-refractivity contribution in [3.63, 3.8) is 0 Å². The highest BCUT2D eigenvalue weighted by Gasteiger charge is 2.53. The summed E-state index contributed by atoms with van der Waals surface area (Å²) < 4.78 is 11.9. The number of fused-ring (bicyclic) bond motifs is 1. The van der Waals surface area contributed by atoms with E-state index in [1.54, 1.807) is 6.07 Å². The number of rotatable bonds is 2. The van der Waals surface area contributed by atoms with Gasteiger partial charge < -0.3 is 24.7 Å². The van der Waals surface area contributed by atoms with Crippen molar-refractivity contribution in [2.45, 2.75) is 37.5 Å². The summed E-state index contributed by atoms with van der Waals surface area (Å²) in [5.74, 6) is 1.26. The van der Waals surface area contributed by atoms with E-state index in [4.69, 9.17) is 9.15 Å². The van der Waals surface area contributed by atoms with Crippen molar-refractivity contribution in [2.75, 3.05) is 25.0 Å². The van der Waals surface area contributed by atoms with Gasteiger partial charge in [0.25, 0.3) is 11.8 Å². The molecule has 1 unspecified atom stereocenters. The zero-order chi connectivity index (χ0) is 22.6. The number of nitrogens with one attached hydrogen (secondary N) is 3. The number of aromatic nitrogens is 2. The number of hydrogen-bond acceptors (Lipinski definition) is 6. The third-order valence-electron chi connectivity index (χ3n) is 6.91. The Labute approximate surface area is 190 Å². The minimum atomic E-state index is -0.615. The molecular weight excluding hydrogens is 422 g/mol. The lowest BCUT2D eigenvalue weighted by Crippen LogP contribution is -2.59. The van der Waals surface area contributed by atoms with Crippen LogP contribution in [-0.4, -0.2) is 57.9 Å². The van der Waals surface area contributed by atoms with Gasteiger partial charge in [-0.15, -0.1) is 0 Å². The Kier molecular flexibility index (Phi) is 4.38. The highest BCUT2D eigenvalue weighted by Crippen LogP contribution is 2.43. The number of carbonyl (C=O) groups excluding carboxylic acids is 2. The lowest BCUT2D eigenvalue weighted by molar-refractivity contribution is -0.0394. The molecular formula is C24H25N5O4. The molecule has 3 aromatic rings. The van der Waals surface area contributed by atoms with Crippen LogP contribution in [0, 0.1) is 6.92 Å². The molecule has 0 bridgehead atoms. The molecule has 2 amide bonds. The summed E-state index contributed by atoms with van der Waals surface area (Å²) in [4.78, 5) is 27.5. The molecule has 3 aliphatic heterocycles. The molecule has 6 rings (SSSR count). The van der Waals surface area contributed by atoms with Crippen LogP contribution in [-0.2, 0) is 4.74 Å². The molecule has 170 valence electrons. The molecule has 9 nitrogen and oxygen atoms in total. The number of carbonyl (C=O) groups is 2. The zero-order valence-corrected chi connectivity index (χ0v) is 18.3. The average molecular weight is 447 g/mol. The monoisotopic (exact) mass is 447 g/mol. The van der Waals surface area contributed by atoms with Crippen molar-refractivity contribution in [3.8, 4) is 11.5 Å². The van der Waals surface area contributed by atoms with Gasteiger partial charge >= 0.3 is 0 Å². The maximum atomic E-state index is 13.0. The fourth-order valence-electron chi connectivity index (χ4n) is 5.19. The fourth-order valence-corrected chi connectivity index (χ4v) is 5.19. The number of ether oxygens (including phenoxy) is 1. The number of likely N-dealkylation sites (tertiary alicyclic amines) is 1. The summed E-state index contributed by atoms with van der Waals surface area (Å²) in [6, 6.07) is 13.0. The molecule has 5 heterocycles. The van der Waals surface area contributed by atoms with Gasteiger partial charge in [-0.1, -0.05) is 12.1 Å². The normalized spacial score (nSPS) is 23.4. The number of H-pyrrole nitrogens is 1. The average Bonchev–Trinajstić information content (AvgIpc) is 3.54. The van der Waals surface area contributed by atoms with Crippen molar-refractivity contribution in [1.29, 1.82) is 0 Å². The molecule has 0 radical (unpaired) electrons. The van der Waals surface area contributed by atoms with Crippen molar-refractivity contribution < 1.29 is 18.7 Å². The summed E-state index contributed by atoms with van der Waals surface area (Å²) >= 11 is 0. The van der Waals surface area contributed by atoms with Crippen LogP contribution in [0.4, 0.5) is 5.69 Å².